The third kappa shape index (κ3) is 5.70. The van der Waals surface area contributed by atoms with Crippen molar-refractivity contribution in [2.24, 2.45) is 17.6 Å². The highest BCUT2D eigenvalue weighted by molar-refractivity contribution is 5.82. The van der Waals surface area contributed by atoms with E-state index >= 15 is 0 Å². The fraction of sp³-hybridized carbons (Fsp3) is 0.818. The van der Waals surface area contributed by atoms with Gasteiger partial charge in [0.05, 0.1) is 6.04 Å². The number of nitrogens with one attached hydrogen (secondary N) is 2. The minimum absolute atomic E-state index is 0.0117. The molecule has 0 saturated heterocycles. The molecule has 0 heterocycles. The number of hydrogen-bond donors (Lipinski definition) is 3. The quantitative estimate of drug-likeness (QED) is 0.554. The molecule has 0 aromatic carbocycles. The predicted octanol–water partition coefficient (Wildman–Crippen LogP) is -0.142. The van der Waals surface area contributed by atoms with Crippen LogP contribution in [0.4, 0.5) is 0 Å². The largest absolute Gasteiger partial charge is 0.354 e. The maximum Gasteiger partial charge on any atom is 0.237 e. The molecule has 0 aliphatic carbocycles. The van der Waals surface area contributed by atoms with E-state index in [1.54, 1.807) is 0 Å². The van der Waals surface area contributed by atoms with E-state index in [0.717, 1.165) is 0 Å². The molecule has 0 unspecified atom stereocenters. The summed E-state index contributed by atoms with van der Waals surface area (Å²) in [5, 5.41) is 5.39. The van der Waals surface area contributed by atoms with Crippen molar-refractivity contribution in [1.29, 1.82) is 0 Å². The number of hydrogen-bond acceptors (Lipinski definition) is 3. The van der Waals surface area contributed by atoms with Gasteiger partial charge in [-0.2, -0.15) is 0 Å². The Labute approximate surface area is 97.2 Å². The molecule has 94 valence electrons. The van der Waals surface area contributed by atoms with Crippen LogP contribution in [0.2, 0.25) is 0 Å². The van der Waals surface area contributed by atoms with Gasteiger partial charge in [0.25, 0.3) is 0 Å². The number of amides is 2. The smallest absolute Gasteiger partial charge is 0.237 e. The molecule has 2 amide bonds. The van der Waals surface area contributed by atoms with Gasteiger partial charge in [0, 0.05) is 19.0 Å². The monoisotopic (exact) mass is 229 g/mol. The summed E-state index contributed by atoms with van der Waals surface area (Å²) in [5.74, 6) is -0.102. The highest BCUT2D eigenvalue weighted by Gasteiger charge is 2.16. The third-order valence-electron chi connectivity index (χ3n) is 2.27. The predicted molar refractivity (Wildman–Crippen MR) is 63.7 cm³/mol. The summed E-state index contributed by atoms with van der Waals surface area (Å²) in [4.78, 5) is 22.6. The summed E-state index contributed by atoms with van der Waals surface area (Å²) < 4.78 is 0. The zero-order valence-corrected chi connectivity index (χ0v) is 10.5. The Morgan fingerprint density at radius 3 is 1.81 bits per heavy atom. The van der Waals surface area contributed by atoms with E-state index in [-0.39, 0.29) is 23.7 Å². The number of carbonyl (C=O) groups excluding carboxylic acids is 2. The second-order valence-electron chi connectivity index (χ2n) is 4.51. The van der Waals surface area contributed by atoms with Crippen LogP contribution in [0.25, 0.3) is 0 Å². The molecule has 0 radical (unpaired) electrons. The molecular weight excluding hydrogens is 206 g/mol. The normalized spacial score (nSPS) is 12.7. The first-order valence-corrected chi connectivity index (χ1v) is 5.67. The van der Waals surface area contributed by atoms with Gasteiger partial charge in [0.2, 0.25) is 11.8 Å². The highest BCUT2D eigenvalue weighted by Crippen LogP contribution is 1.97. The minimum Gasteiger partial charge on any atom is -0.354 e. The minimum atomic E-state index is -0.485. The fourth-order valence-electron chi connectivity index (χ4n) is 0.996. The molecule has 5 nitrogen and oxygen atoms in total. The maximum absolute atomic E-state index is 11.4. The summed E-state index contributed by atoms with van der Waals surface area (Å²) in [6, 6.07) is -0.485. The zero-order valence-electron chi connectivity index (χ0n) is 10.5. The number of nitrogens with two attached hydrogens (primary N) is 1. The van der Waals surface area contributed by atoms with E-state index in [0.29, 0.717) is 13.1 Å². The molecule has 0 aromatic rings. The van der Waals surface area contributed by atoms with Crippen molar-refractivity contribution in [1.82, 2.24) is 10.6 Å². The van der Waals surface area contributed by atoms with Crippen molar-refractivity contribution in [2.45, 2.75) is 33.7 Å². The van der Waals surface area contributed by atoms with Crippen molar-refractivity contribution in [3.63, 3.8) is 0 Å². The average molecular weight is 229 g/mol. The second kappa shape index (κ2) is 7.22. The SMILES string of the molecule is CC(C)C(=O)NCCNC(=O)[C@@H](N)C(C)C. The van der Waals surface area contributed by atoms with Crippen molar-refractivity contribution >= 4 is 11.8 Å². The first-order chi connectivity index (χ1) is 7.36. The van der Waals surface area contributed by atoms with Crippen molar-refractivity contribution in [2.75, 3.05) is 13.1 Å². The van der Waals surface area contributed by atoms with Gasteiger partial charge in [0.1, 0.15) is 0 Å². The van der Waals surface area contributed by atoms with E-state index in [1.165, 1.54) is 0 Å². The van der Waals surface area contributed by atoms with Crippen LogP contribution in [0.15, 0.2) is 0 Å². The van der Waals surface area contributed by atoms with Crippen molar-refractivity contribution < 1.29 is 9.59 Å². The summed E-state index contributed by atoms with van der Waals surface area (Å²) in [7, 11) is 0. The van der Waals surface area contributed by atoms with Gasteiger partial charge in [0.15, 0.2) is 0 Å². The van der Waals surface area contributed by atoms with E-state index in [9.17, 15) is 9.59 Å². The maximum atomic E-state index is 11.4. The van der Waals surface area contributed by atoms with Crippen molar-refractivity contribution in [3.8, 4) is 0 Å². The van der Waals surface area contributed by atoms with Crippen LogP contribution in [0.5, 0.6) is 0 Å². The zero-order chi connectivity index (χ0) is 12.7. The number of carbonyl (C=O) groups is 2. The molecule has 0 rings (SSSR count). The van der Waals surface area contributed by atoms with Gasteiger partial charge >= 0.3 is 0 Å². The molecular formula is C11H23N3O2. The topological polar surface area (TPSA) is 84.2 Å². The second-order valence-corrected chi connectivity index (χ2v) is 4.51. The van der Waals surface area contributed by atoms with Crippen LogP contribution >= 0.6 is 0 Å². The fourth-order valence-corrected chi connectivity index (χ4v) is 0.996. The van der Waals surface area contributed by atoms with Crippen LogP contribution in [0, 0.1) is 11.8 Å². The molecule has 0 fully saturated rings. The van der Waals surface area contributed by atoms with Gasteiger partial charge in [-0.25, -0.2) is 0 Å². The molecule has 1 atom stereocenters. The van der Waals surface area contributed by atoms with Crippen LogP contribution in [-0.4, -0.2) is 30.9 Å². The first-order valence-electron chi connectivity index (χ1n) is 5.67. The molecule has 5 heteroatoms. The van der Waals surface area contributed by atoms with Crippen LogP contribution in [-0.2, 0) is 9.59 Å². The molecule has 0 aliphatic heterocycles. The van der Waals surface area contributed by atoms with Gasteiger partial charge < -0.3 is 16.4 Å². The Balaban J connectivity index is 3.67. The van der Waals surface area contributed by atoms with Gasteiger partial charge in [-0.3, -0.25) is 9.59 Å². The lowest BCUT2D eigenvalue weighted by molar-refractivity contribution is -0.125. The lowest BCUT2D eigenvalue weighted by Crippen LogP contribution is -2.46. The Hall–Kier alpha value is -1.10. The van der Waals surface area contributed by atoms with Crippen molar-refractivity contribution in [3.05, 3.63) is 0 Å². The molecule has 0 aromatic heterocycles. The van der Waals surface area contributed by atoms with Crippen LogP contribution < -0.4 is 16.4 Å². The van der Waals surface area contributed by atoms with E-state index in [2.05, 4.69) is 10.6 Å². The summed E-state index contributed by atoms with van der Waals surface area (Å²) >= 11 is 0. The molecule has 0 spiro atoms. The summed E-state index contributed by atoms with van der Waals surface area (Å²) in [6.07, 6.45) is 0. The van der Waals surface area contributed by atoms with Crippen LogP contribution in [0.1, 0.15) is 27.7 Å². The Morgan fingerprint density at radius 2 is 1.44 bits per heavy atom. The molecule has 16 heavy (non-hydrogen) atoms. The van der Waals surface area contributed by atoms with E-state index < -0.39 is 6.04 Å². The Morgan fingerprint density at radius 1 is 1.00 bits per heavy atom. The standard InChI is InChI=1S/C11H23N3O2/c1-7(2)9(12)11(16)14-6-5-13-10(15)8(3)4/h7-9H,5-6,12H2,1-4H3,(H,13,15)(H,14,16)/t9-/m0/s1. The lowest BCUT2D eigenvalue weighted by Gasteiger charge is -2.15. The lowest BCUT2D eigenvalue weighted by atomic mass is 10.1. The highest BCUT2D eigenvalue weighted by atomic mass is 16.2. The first kappa shape index (κ1) is 14.9. The van der Waals surface area contributed by atoms with E-state index in [1.807, 2.05) is 27.7 Å². The van der Waals surface area contributed by atoms with Gasteiger partial charge in [-0.05, 0) is 5.92 Å². The van der Waals surface area contributed by atoms with Crippen LogP contribution in [0.3, 0.4) is 0 Å². The summed E-state index contributed by atoms with van der Waals surface area (Å²) in [5.41, 5.74) is 5.65. The molecule has 0 saturated carbocycles. The van der Waals surface area contributed by atoms with E-state index in [4.69, 9.17) is 5.73 Å². The van der Waals surface area contributed by atoms with Gasteiger partial charge in [-0.15, -0.1) is 0 Å². The molecule has 0 bridgehead atoms. The number of rotatable bonds is 6. The Kier molecular flexibility index (Phi) is 6.72. The average Bonchev–Trinajstić information content (AvgIpc) is 2.22. The molecule has 0 aliphatic rings. The molecule has 4 N–H and O–H groups in total. The Bertz CT molecular complexity index is 239. The summed E-state index contributed by atoms with van der Waals surface area (Å²) in [6.45, 7) is 8.28. The van der Waals surface area contributed by atoms with Gasteiger partial charge in [-0.1, -0.05) is 27.7 Å². The third-order valence-corrected chi connectivity index (χ3v) is 2.27.